The molecule has 0 aliphatic carbocycles. The van der Waals surface area contributed by atoms with Gasteiger partial charge in [-0.25, -0.2) is 0 Å². The first kappa shape index (κ1) is 29.0. The summed E-state index contributed by atoms with van der Waals surface area (Å²) in [4.78, 5) is 2.73. The first-order valence-corrected chi connectivity index (χ1v) is 14.0. The molecule has 0 aliphatic rings. The summed E-state index contributed by atoms with van der Waals surface area (Å²) in [5.74, 6) is 0. The Morgan fingerprint density at radius 2 is 0.793 bits per heavy atom. The summed E-state index contributed by atoms with van der Waals surface area (Å²) in [6.07, 6.45) is 30.3. The molecule has 0 saturated carbocycles. The van der Waals surface area contributed by atoms with Gasteiger partial charge in [-0.1, -0.05) is 143 Å². The molecule has 0 aromatic rings. The first-order valence-electron chi connectivity index (χ1n) is 14.0. The Hall–Kier alpha value is -0.0400. The number of rotatable bonds is 24. The maximum absolute atomic E-state index is 2.73. The zero-order valence-corrected chi connectivity index (χ0v) is 21.3. The average Bonchev–Trinajstić information content (AvgIpc) is 2.73. The Labute approximate surface area is 186 Å². The van der Waals surface area contributed by atoms with Crippen LogP contribution in [0.5, 0.6) is 0 Å². The van der Waals surface area contributed by atoms with Gasteiger partial charge in [-0.3, -0.25) is 0 Å². The van der Waals surface area contributed by atoms with Gasteiger partial charge in [0.2, 0.25) is 0 Å². The minimum atomic E-state index is 0.785. The van der Waals surface area contributed by atoms with Crippen molar-refractivity contribution >= 4 is 0 Å². The summed E-state index contributed by atoms with van der Waals surface area (Å²) in [6, 6.07) is 0.785. The van der Waals surface area contributed by atoms with Crippen LogP contribution in [0.2, 0.25) is 0 Å². The van der Waals surface area contributed by atoms with Gasteiger partial charge in [0, 0.05) is 6.04 Å². The van der Waals surface area contributed by atoms with Crippen LogP contribution < -0.4 is 0 Å². The van der Waals surface area contributed by atoms with Gasteiger partial charge in [-0.15, -0.1) is 0 Å². The molecule has 0 amide bonds. The molecule has 0 heterocycles. The van der Waals surface area contributed by atoms with E-state index in [-0.39, 0.29) is 0 Å². The zero-order valence-electron chi connectivity index (χ0n) is 21.3. The summed E-state index contributed by atoms with van der Waals surface area (Å²) in [7, 11) is 0. The van der Waals surface area contributed by atoms with Gasteiger partial charge < -0.3 is 4.90 Å². The summed E-state index contributed by atoms with van der Waals surface area (Å²) in [5, 5.41) is 0. The maximum atomic E-state index is 2.73. The number of hydrogen-bond donors (Lipinski definition) is 0. The predicted octanol–water partition coefficient (Wildman–Crippen LogP) is 9.93. The fourth-order valence-corrected chi connectivity index (χ4v) is 4.60. The third-order valence-corrected chi connectivity index (χ3v) is 6.80. The molecule has 0 rings (SSSR count). The van der Waals surface area contributed by atoms with Gasteiger partial charge in [0.05, 0.1) is 0 Å². The molecule has 0 aromatic heterocycles. The molecule has 1 heteroatoms. The molecule has 0 fully saturated rings. The van der Waals surface area contributed by atoms with Crippen LogP contribution in [0.25, 0.3) is 0 Å². The summed E-state index contributed by atoms with van der Waals surface area (Å²) >= 11 is 0. The second-order valence-electron chi connectivity index (χ2n) is 9.63. The van der Waals surface area contributed by atoms with Crippen LogP contribution in [0.1, 0.15) is 163 Å². The predicted molar refractivity (Wildman–Crippen MR) is 135 cm³/mol. The molecule has 0 radical (unpaired) electrons. The Morgan fingerprint density at radius 1 is 0.448 bits per heavy atom. The van der Waals surface area contributed by atoms with Crippen molar-refractivity contribution in [1.29, 1.82) is 0 Å². The standard InChI is InChI=1S/C28H59N/c1-5-8-10-12-14-16-17-18-19-20-22-24-26-28(4)29(7-3)27-25-23-21-15-13-11-9-6-2/h28H,5-27H2,1-4H3. The number of unbranched alkanes of at least 4 members (excludes halogenated alkanes) is 18. The summed E-state index contributed by atoms with van der Waals surface area (Å²) < 4.78 is 0. The van der Waals surface area contributed by atoms with Crippen molar-refractivity contribution in [2.45, 2.75) is 169 Å². The molecular weight excluding hydrogens is 350 g/mol. The molecule has 0 N–H and O–H groups in total. The summed E-state index contributed by atoms with van der Waals surface area (Å²) in [5.41, 5.74) is 0. The van der Waals surface area contributed by atoms with Crippen molar-refractivity contribution in [3.8, 4) is 0 Å². The highest BCUT2D eigenvalue weighted by Gasteiger charge is 2.11. The zero-order chi connectivity index (χ0) is 21.4. The normalized spacial score (nSPS) is 12.7. The van der Waals surface area contributed by atoms with E-state index in [1.54, 1.807) is 0 Å². The fourth-order valence-electron chi connectivity index (χ4n) is 4.60. The third kappa shape index (κ3) is 21.0. The quantitative estimate of drug-likeness (QED) is 0.143. The second kappa shape index (κ2) is 24.2. The van der Waals surface area contributed by atoms with Crippen molar-refractivity contribution in [2.75, 3.05) is 13.1 Å². The van der Waals surface area contributed by atoms with Crippen molar-refractivity contribution in [3.63, 3.8) is 0 Å². The summed E-state index contributed by atoms with van der Waals surface area (Å²) in [6.45, 7) is 12.0. The van der Waals surface area contributed by atoms with Crippen LogP contribution >= 0.6 is 0 Å². The largest absolute Gasteiger partial charge is 0.301 e. The number of hydrogen-bond acceptors (Lipinski definition) is 1. The van der Waals surface area contributed by atoms with E-state index >= 15 is 0 Å². The second-order valence-corrected chi connectivity index (χ2v) is 9.63. The monoisotopic (exact) mass is 409 g/mol. The lowest BCUT2D eigenvalue weighted by molar-refractivity contribution is 0.201. The van der Waals surface area contributed by atoms with Crippen LogP contribution in [-0.2, 0) is 0 Å². The van der Waals surface area contributed by atoms with E-state index in [0.717, 1.165) is 6.04 Å². The van der Waals surface area contributed by atoms with Gasteiger partial charge in [-0.05, 0) is 32.9 Å². The van der Waals surface area contributed by atoms with Gasteiger partial charge in [0.25, 0.3) is 0 Å². The molecule has 1 atom stereocenters. The van der Waals surface area contributed by atoms with E-state index in [2.05, 4.69) is 32.6 Å². The lowest BCUT2D eigenvalue weighted by Crippen LogP contribution is -2.33. The smallest absolute Gasteiger partial charge is 0.00668 e. The van der Waals surface area contributed by atoms with E-state index in [9.17, 15) is 0 Å². The Bertz CT molecular complexity index is 288. The van der Waals surface area contributed by atoms with Crippen LogP contribution in [0.3, 0.4) is 0 Å². The van der Waals surface area contributed by atoms with Crippen LogP contribution in [0, 0.1) is 0 Å². The molecule has 1 nitrogen and oxygen atoms in total. The van der Waals surface area contributed by atoms with Gasteiger partial charge in [0.1, 0.15) is 0 Å². The Balaban J connectivity index is 3.44. The lowest BCUT2D eigenvalue weighted by Gasteiger charge is -2.28. The highest BCUT2D eigenvalue weighted by atomic mass is 15.1. The van der Waals surface area contributed by atoms with Crippen molar-refractivity contribution in [3.05, 3.63) is 0 Å². The van der Waals surface area contributed by atoms with Crippen LogP contribution in [0.4, 0.5) is 0 Å². The van der Waals surface area contributed by atoms with E-state index in [1.807, 2.05) is 0 Å². The molecule has 29 heavy (non-hydrogen) atoms. The molecule has 1 unspecified atom stereocenters. The molecule has 0 spiro atoms. The molecule has 0 saturated heterocycles. The van der Waals surface area contributed by atoms with Crippen LogP contribution in [0.15, 0.2) is 0 Å². The molecule has 0 bridgehead atoms. The van der Waals surface area contributed by atoms with Gasteiger partial charge >= 0.3 is 0 Å². The van der Waals surface area contributed by atoms with E-state index in [1.165, 1.54) is 148 Å². The van der Waals surface area contributed by atoms with Crippen molar-refractivity contribution in [2.24, 2.45) is 0 Å². The minimum Gasteiger partial charge on any atom is -0.301 e. The fraction of sp³-hybridized carbons (Fsp3) is 1.00. The Kier molecular flexibility index (Phi) is 24.2. The Morgan fingerprint density at radius 3 is 1.17 bits per heavy atom. The molecule has 176 valence electrons. The van der Waals surface area contributed by atoms with Crippen LogP contribution in [-0.4, -0.2) is 24.0 Å². The van der Waals surface area contributed by atoms with E-state index in [4.69, 9.17) is 0 Å². The third-order valence-electron chi connectivity index (χ3n) is 6.80. The van der Waals surface area contributed by atoms with Gasteiger partial charge in [0.15, 0.2) is 0 Å². The van der Waals surface area contributed by atoms with Crippen molar-refractivity contribution < 1.29 is 0 Å². The SMILES string of the molecule is CCCCCCCCCCCCCCC(C)N(CC)CCCCCCCCCC. The first-order chi connectivity index (χ1) is 14.3. The highest BCUT2D eigenvalue weighted by Crippen LogP contribution is 2.15. The molecule has 0 aromatic carbocycles. The van der Waals surface area contributed by atoms with Gasteiger partial charge in [-0.2, -0.15) is 0 Å². The average molecular weight is 410 g/mol. The topological polar surface area (TPSA) is 3.24 Å². The maximum Gasteiger partial charge on any atom is 0.00668 e. The van der Waals surface area contributed by atoms with Crippen molar-refractivity contribution in [1.82, 2.24) is 4.90 Å². The number of nitrogens with zero attached hydrogens (tertiary/aromatic N) is 1. The molecule has 0 aliphatic heterocycles. The lowest BCUT2D eigenvalue weighted by atomic mass is 10.0. The highest BCUT2D eigenvalue weighted by molar-refractivity contribution is 4.66. The minimum absolute atomic E-state index is 0.785. The van der Waals surface area contributed by atoms with E-state index in [0.29, 0.717) is 0 Å². The van der Waals surface area contributed by atoms with E-state index < -0.39 is 0 Å². The molecular formula is C28H59N.